The van der Waals surface area contributed by atoms with E-state index in [4.69, 9.17) is 0 Å². The number of carbonyl (C=O) groups is 1. The third kappa shape index (κ3) is 2.49. The van der Waals surface area contributed by atoms with Crippen LogP contribution in [-0.2, 0) is 15.6 Å². The van der Waals surface area contributed by atoms with Gasteiger partial charge in [0, 0.05) is 4.90 Å². The van der Waals surface area contributed by atoms with Crippen molar-refractivity contribution in [2.45, 2.75) is 55.6 Å². The molecular formula is C15H23NO2SSi. The van der Waals surface area contributed by atoms with E-state index >= 15 is 0 Å². The predicted octanol–water partition coefficient (Wildman–Crippen LogP) is 3.36. The highest BCUT2D eigenvalue weighted by Gasteiger charge is 2.53. The summed E-state index contributed by atoms with van der Waals surface area (Å²) in [6.07, 6.45) is 0.411. The van der Waals surface area contributed by atoms with E-state index < -0.39 is 19.0 Å². The molecule has 0 spiro atoms. The van der Waals surface area contributed by atoms with Crippen LogP contribution in [0.2, 0.25) is 18.1 Å². The molecule has 2 rings (SSSR count). The van der Waals surface area contributed by atoms with Crippen molar-refractivity contribution in [3.8, 4) is 0 Å². The van der Waals surface area contributed by atoms with Crippen LogP contribution in [0.25, 0.3) is 0 Å². The summed E-state index contributed by atoms with van der Waals surface area (Å²) in [5.41, 5.74) is 0. The summed E-state index contributed by atoms with van der Waals surface area (Å²) in [5.74, 6) is 0.158. The number of carbonyl (C=O) groups excluding carboxylic acids is 1. The lowest BCUT2D eigenvalue weighted by molar-refractivity contribution is -0.135. The molecule has 5 heteroatoms. The Bertz CT molecular complexity index is 537. The van der Waals surface area contributed by atoms with Gasteiger partial charge in [0.2, 0.25) is 5.91 Å². The molecule has 0 aliphatic carbocycles. The van der Waals surface area contributed by atoms with E-state index in [-0.39, 0.29) is 16.3 Å². The highest BCUT2D eigenvalue weighted by Crippen LogP contribution is 2.44. The first-order valence-electron chi connectivity index (χ1n) is 6.94. The molecule has 0 radical (unpaired) electrons. The third-order valence-electron chi connectivity index (χ3n) is 4.57. The van der Waals surface area contributed by atoms with Gasteiger partial charge in [-0.15, -0.1) is 0 Å². The van der Waals surface area contributed by atoms with E-state index in [1.807, 2.05) is 34.9 Å². The molecule has 0 saturated carbocycles. The molecule has 1 fully saturated rings. The lowest BCUT2D eigenvalue weighted by atomic mass is 10.2. The summed E-state index contributed by atoms with van der Waals surface area (Å²) in [4.78, 5) is 12.9. The Balaban J connectivity index is 2.27. The van der Waals surface area contributed by atoms with Crippen LogP contribution in [-0.4, -0.2) is 28.3 Å². The summed E-state index contributed by atoms with van der Waals surface area (Å²) in [6.45, 7) is 10.9. The molecule has 2 unspecified atom stereocenters. The van der Waals surface area contributed by atoms with Crippen molar-refractivity contribution < 1.29 is 9.00 Å². The van der Waals surface area contributed by atoms with Crippen LogP contribution in [0.15, 0.2) is 35.2 Å². The maximum atomic E-state index is 12.7. The Hall–Kier alpha value is -0.943. The maximum Gasteiger partial charge on any atom is 0.218 e. The second-order valence-corrected chi connectivity index (χ2v) is 13.6. The fraction of sp³-hybridized carbons (Fsp3) is 0.533. The van der Waals surface area contributed by atoms with Gasteiger partial charge in [0.25, 0.3) is 0 Å². The number of benzene rings is 1. The Morgan fingerprint density at radius 2 is 1.75 bits per heavy atom. The first-order valence-corrected chi connectivity index (χ1v) is 11.1. The van der Waals surface area contributed by atoms with E-state index in [0.717, 1.165) is 4.90 Å². The predicted molar refractivity (Wildman–Crippen MR) is 85.3 cm³/mol. The van der Waals surface area contributed by atoms with Gasteiger partial charge >= 0.3 is 0 Å². The summed E-state index contributed by atoms with van der Waals surface area (Å²) in [7, 11) is -3.09. The second kappa shape index (κ2) is 5.11. The molecule has 0 bridgehead atoms. The fourth-order valence-corrected chi connectivity index (χ4v) is 6.97. The van der Waals surface area contributed by atoms with Crippen molar-refractivity contribution >= 4 is 24.9 Å². The van der Waals surface area contributed by atoms with E-state index in [0.29, 0.717) is 6.42 Å². The van der Waals surface area contributed by atoms with E-state index in [2.05, 4.69) is 33.9 Å². The summed E-state index contributed by atoms with van der Waals surface area (Å²) < 4.78 is 14.7. The summed E-state index contributed by atoms with van der Waals surface area (Å²) in [6, 6.07) is 9.46. The number of hydrogen-bond acceptors (Lipinski definition) is 2. The molecule has 20 heavy (non-hydrogen) atoms. The molecule has 1 heterocycles. The third-order valence-corrected chi connectivity index (χ3v) is 11.8. The Morgan fingerprint density at radius 3 is 2.20 bits per heavy atom. The molecule has 1 saturated heterocycles. The van der Waals surface area contributed by atoms with Gasteiger partial charge in [0.05, 0.1) is 17.2 Å². The first-order chi connectivity index (χ1) is 9.16. The molecule has 0 N–H and O–H groups in total. The van der Waals surface area contributed by atoms with E-state index in [1.54, 1.807) is 0 Å². The van der Waals surface area contributed by atoms with Crippen LogP contribution in [0.3, 0.4) is 0 Å². The van der Waals surface area contributed by atoms with Crippen LogP contribution in [0.1, 0.15) is 27.2 Å². The molecule has 110 valence electrons. The van der Waals surface area contributed by atoms with Gasteiger partial charge in [-0.3, -0.25) is 9.00 Å². The van der Waals surface area contributed by atoms with Crippen molar-refractivity contribution in [2.75, 3.05) is 0 Å². The molecule has 1 aliphatic heterocycles. The average molecular weight is 310 g/mol. The zero-order chi connectivity index (χ0) is 15.1. The SMILES string of the molecule is CC(C)(C)[Si](C)(C)N1C(=O)CC1S(=O)c1ccccc1. The fourth-order valence-electron chi connectivity index (χ4n) is 2.30. The van der Waals surface area contributed by atoms with Crippen molar-refractivity contribution in [3.63, 3.8) is 0 Å². The minimum absolute atomic E-state index is 0.0716. The van der Waals surface area contributed by atoms with Gasteiger partial charge in [0.1, 0.15) is 5.37 Å². The maximum absolute atomic E-state index is 12.7. The highest BCUT2D eigenvalue weighted by atomic mass is 32.2. The molecular weight excluding hydrogens is 286 g/mol. The summed E-state index contributed by atoms with van der Waals surface area (Å²) >= 11 is 0. The number of rotatable bonds is 3. The molecule has 2 atom stereocenters. The molecule has 0 aromatic heterocycles. The van der Waals surface area contributed by atoms with Crippen molar-refractivity contribution in [3.05, 3.63) is 30.3 Å². The van der Waals surface area contributed by atoms with Crippen LogP contribution in [0.4, 0.5) is 0 Å². The minimum atomic E-state index is -1.95. The zero-order valence-corrected chi connectivity index (χ0v) is 14.7. The van der Waals surface area contributed by atoms with Crippen molar-refractivity contribution in [1.82, 2.24) is 4.57 Å². The molecule has 1 aromatic rings. The Kier molecular flexibility index (Phi) is 3.95. The molecule has 3 nitrogen and oxygen atoms in total. The lowest BCUT2D eigenvalue weighted by Crippen LogP contribution is -2.69. The van der Waals surface area contributed by atoms with Gasteiger partial charge in [-0.05, 0) is 17.2 Å². The van der Waals surface area contributed by atoms with Gasteiger partial charge in [-0.2, -0.15) is 0 Å². The second-order valence-electron chi connectivity index (χ2n) is 6.84. The largest absolute Gasteiger partial charge is 0.355 e. The number of hydrogen-bond donors (Lipinski definition) is 0. The lowest BCUT2D eigenvalue weighted by Gasteiger charge is -2.54. The van der Waals surface area contributed by atoms with Gasteiger partial charge < -0.3 is 4.57 Å². The number of nitrogens with zero attached hydrogens (tertiary/aromatic N) is 1. The molecule has 1 aliphatic rings. The number of β-lactam (4-membered cyclic amide) rings is 1. The van der Waals surface area contributed by atoms with Gasteiger partial charge in [-0.1, -0.05) is 52.1 Å². The van der Waals surface area contributed by atoms with Crippen LogP contribution in [0, 0.1) is 0 Å². The monoisotopic (exact) mass is 309 g/mol. The van der Waals surface area contributed by atoms with E-state index in [1.165, 1.54) is 0 Å². The highest BCUT2D eigenvalue weighted by molar-refractivity contribution is 7.85. The van der Waals surface area contributed by atoms with Crippen LogP contribution in [0.5, 0.6) is 0 Å². The minimum Gasteiger partial charge on any atom is -0.355 e. The van der Waals surface area contributed by atoms with Crippen molar-refractivity contribution in [1.29, 1.82) is 0 Å². The standard InChI is InChI=1S/C15H23NO2SSi/c1-15(2,3)20(4,5)16-13(17)11-14(16)19(18)12-9-7-6-8-10-12/h6-10,14H,11H2,1-5H3. The normalized spacial score (nSPS) is 21.6. The van der Waals surface area contributed by atoms with Gasteiger partial charge in [-0.25, -0.2) is 0 Å². The molecule has 1 amide bonds. The number of amides is 1. The smallest absolute Gasteiger partial charge is 0.218 e. The van der Waals surface area contributed by atoms with Crippen LogP contribution < -0.4 is 0 Å². The quantitative estimate of drug-likeness (QED) is 0.634. The average Bonchev–Trinajstić information content (AvgIpc) is 2.34. The Morgan fingerprint density at radius 1 is 1.20 bits per heavy atom. The first kappa shape index (κ1) is 15.4. The van der Waals surface area contributed by atoms with Crippen molar-refractivity contribution in [2.24, 2.45) is 0 Å². The van der Waals surface area contributed by atoms with Gasteiger partial charge in [0.15, 0.2) is 8.24 Å². The van der Waals surface area contributed by atoms with Crippen LogP contribution >= 0.6 is 0 Å². The summed E-state index contributed by atoms with van der Waals surface area (Å²) in [5, 5.41) is -0.0758. The topological polar surface area (TPSA) is 37.4 Å². The van der Waals surface area contributed by atoms with E-state index in [9.17, 15) is 9.00 Å². The molecule has 1 aromatic carbocycles. The zero-order valence-electron chi connectivity index (χ0n) is 12.8. The Labute approximate surface area is 124 Å².